The Morgan fingerprint density at radius 2 is 1.67 bits per heavy atom. The Labute approximate surface area is 76.3 Å². The minimum atomic E-state index is 0.400. The van der Waals surface area contributed by atoms with Gasteiger partial charge in [0.15, 0.2) is 0 Å². The molecule has 0 aliphatic carbocycles. The summed E-state index contributed by atoms with van der Waals surface area (Å²) in [6, 6.07) is 0. The fourth-order valence-electron chi connectivity index (χ4n) is 1.40. The molecule has 0 aromatic carbocycles. The molecule has 0 aromatic rings. The summed E-state index contributed by atoms with van der Waals surface area (Å²) in [6.45, 7) is 10.4. The molecular weight excluding hydrogens is 148 g/mol. The van der Waals surface area contributed by atoms with Gasteiger partial charge in [0.2, 0.25) is 0 Å². The van der Waals surface area contributed by atoms with Crippen LogP contribution in [0.3, 0.4) is 0 Å². The summed E-state index contributed by atoms with van der Waals surface area (Å²) in [4.78, 5) is 0. The number of rotatable bonds is 2. The number of hydrazine groups is 1. The van der Waals surface area contributed by atoms with E-state index in [2.05, 4.69) is 31.2 Å². The normalized spacial score (nSPS) is 21.2. The van der Waals surface area contributed by atoms with Gasteiger partial charge in [-0.15, -0.1) is 0 Å². The van der Waals surface area contributed by atoms with Crippen LogP contribution in [-0.4, -0.2) is 24.6 Å². The summed E-state index contributed by atoms with van der Waals surface area (Å²) < 4.78 is 0. The van der Waals surface area contributed by atoms with E-state index in [0.717, 1.165) is 6.54 Å². The van der Waals surface area contributed by atoms with Crippen LogP contribution in [0, 0.1) is 5.41 Å². The van der Waals surface area contributed by atoms with Crippen LogP contribution in [-0.2, 0) is 0 Å². The van der Waals surface area contributed by atoms with E-state index in [0.29, 0.717) is 5.41 Å². The first-order valence-corrected chi connectivity index (χ1v) is 5.06. The van der Waals surface area contributed by atoms with Gasteiger partial charge in [0.05, 0.1) is 0 Å². The maximum atomic E-state index is 3.49. The Morgan fingerprint density at radius 3 is 2.17 bits per heavy atom. The van der Waals surface area contributed by atoms with Gasteiger partial charge in [-0.2, -0.15) is 0 Å². The number of nitrogens with one attached hydrogen (secondary N) is 1. The van der Waals surface area contributed by atoms with Gasteiger partial charge < -0.3 is 0 Å². The third kappa shape index (κ3) is 4.07. The predicted octanol–water partition coefficient (Wildman–Crippen LogP) is 2.02. The second-order valence-electron chi connectivity index (χ2n) is 4.94. The maximum absolute atomic E-state index is 3.49. The van der Waals surface area contributed by atoms with Crippen molar-refractivity contribution in [2.45, 2.75) is 40.0 Å². The van der Waals surface area contributed by atoms with Crippen molar-refractivity contribution in [3.63, 3.8) is 0 Å². The lowest BCUT2D eigenvalue weighted by molar-refractivity contribution is 0.131. The lowest BCUT2D eigenvalue weighted by atomic mass is 9.97. The van der Waals surface area contributed by atoms with Crippen LogP contribution in [0.25, 0.3) is 0 Å². The van der Waals surface area contributed by atoms with Crippen LogP contribution in [0.4, 0.5) is 0 Å². The van der Waals surface area contributed by atoms with Crippen molar-refractivity contribution in [2.24, 2.45) is 5.41 Å². The Bertz CT molecular complexity index is 120. The summed E-state index contributed by atoms with van der Waals surface area (Å²) in [5.41, 5.74) is 3.90. The van der Waals surface area contributed by atoms with Crippen LogP contribution in [0.15, 0.2) is 0 Å². The second-order valence-corrected chi connectivity index (χ2v) is 4.94. The van der Waals surface area contributed by atoms with Crippen molar-refractivity contribution in [3.8, 4) is 0 Å². The molecule has 1 heterocycles. The molecule has 0 radical (unpaired) electrons. The van der Waals surface area contributed by atoms with Crippen molar-refractivity contribution in [3.05, 3.63) is 0 Å². The fourth-order valence-corrected chi connectivity index (χ4v) is 1.40. The third-order valence-electron chi connectivity index (χ3n) is 2.19. The minimum Gasteiger partial charge on any atom is -0.255 e. The standard InChI is InChI=1S/C10H22N2/c1-10(2,3)9-11-12-7-5-4-6-8-12/h11H,4-9H2,1-3H3. The fraction of sp³-hybridized carbons (Fsp3) is 1.00. The van der Waals surface area contributed by atoms with E-state index in [1.807, 2.05) is 0 Å². The van der Waals surface area contributed by atoms with Crippen molar-refractivity contribution in [2.75, 3.05) is 19.6 Å². The van der Waals surface area contributed by atoms with Crippen LogP contribution < -0.4 is 5.43 Å². The summed E-state index contributed by atoms with van der Waals surface area (Å²) in [5.74, 6) is 0. The smallest absolute Gasteiger partial charge is 0.0151 e. The SMILES string of the molecule is CC(C)(C)CNN1CCCCC1. The molecule has 72 valence electrons. The van der Waals surface area contributed by atoms with E-state index in [-0.39, 0.29) is 0 Å². The molecule has 1 rings (SSSR count). The second kappa shape index (κ2) is 4.24. The lowest BCUT2D eigenvalue weighted by Gasteiger charge is -2.30. The number of nitrogens with zero attached hydrogens (tertiary/aromatic N) is 1. The molecule has 0 spiro atoms. The average molecular weight is 170 g/mol. The molecule has 0 aromatic heterocycles. The Balaban J connectivity index is 2.13. The summed E-state index contributed by atoms with van der Waals surface area (Å²) in [6.07, 6.45) is 4.13. The molecule has 2 nitrogen and oxygen atoms in total. The van der Waals surface area contributed by atoms with Crippen LogP contribution in [0.5, 0.6) is 0 Å². The first-order valence-electron chi connectivity index (χ1n) is 5.06. The van der Waals surface area contributed by atoms with Gasteiger partial charge in [-0.25, -0.2) is 5.01 Å². The van der Waals surface area contributed by atoms with Crippen molar-refractivity contribution in [1.82, 2.24) is 10.4 Å². The van der Waals surface area contributed by atoms with Crippen molar-refractivity contribution >= 4 is 0 Å². The molecule has 0 unspecified atom stereocenters. The van der Waals surface area contributed by atoms with Crippen LogP contribution >= 0.6 is 0 Å². The predicted molar refractivity (Wildman–Crippen MR) is 52.9 cm³/mol. The lowest BCUT2D eigenvalue weighted by Crippen LogP contribution is -2.45. The first-order chi connectivity index (χ1) is 5.58. The molecular formula is C10H22N2. The van der Waals surface area contributed by atoms with Crippen molar-refractivity contribution in [1.29, 1.82) is 0 Å². The number of hydrogen-bond donors (Lipinski definition) is 1. The Kier molecular flexibility index (Phi) is 3.53. The molecule has 0 atom stereocenters. The number of hydrogen-bond acceptors (Lipinski definition) is 2. The maximum Gasteiger partial charge on any atom is 0.0151 e. The van der Waals surface area contributed by atoms with Gasteiger partial charge in [0.1, 0.15) is 0 Å². The minimum absolute atomic E-state index is 0.400. The Hall–Kier alpha value is -0.0800. The Morgan fingerprint density at radius 1 is 1.08 bits per heavy atom. The van der Waals surface area contributed by atoms with E-state index in [1.165, 1.54) is 32.4 Å². The quantitative estimate of drug-likeness (QED) is 0.682. The average Bonchev–Trinajstić information content (AvgIpc) is 2.02. The highest BCUT2D eigenvalue weighted by Gasteiger charge is 2.14. The van der Waals surface area contributed by atoms with Gasteiger partial charge in [0, 0.05) is 19.6 Å². The van der Waals surface area contributed by atoms with E-state index in [4.69, 9.17) is 0 Å². The molecule has 1 aliphatic heterocycles. The first kappa shape index (κ1) is 10.0. The van der Waals surface area contributed by atoms with Gasteiger partial charge in [-0.1, -0.05) is 27.2 Å². The van der Waals surface area contributed by atoms with E-state index in [1.54, 1.807) is 0 Å². The molecule has 1 fully saturated rings. The summed E-state index contributed by atoms with van der Waals surface area (Å²) in [5, 5.41) is 2.37. The zero-order valence-corrected chi connectivity index (χ0v) is 8.69. The van der Waals surface area contributed by atoms with Crippen LogP contribution in [0.1, 0.15) is 40.0 Å². The van der Waals surface area contributed by atoms with Crippen molar-refractivity contribution < 1.29 is 0 Å². The molecule has 0 saturated carbocycles. The monoisotopic (exact) mass is 170 g/mol. The highest BCUT2D eigenvalue weighted by Crippen LogP contribution is 2.12. The summed E-state index contributed by atoms with van der Waals surface area (Å²) >= 11 is 0. The molecule has 1 aliphatic rings. The largest absolute Gasteiger partial charge is 0.255 e. The van der Waals surface area contributed by atoms with Gasteiger partial charge >= 0.3 is 0 Å². The zero-order valence-electron chi connectivity index (χ0n) is 8.69. The van der Waals surface area contributed by atoms with Crippen LogP contribution in [0.2, 0.25) is 0 Å². The summed E-state index contributed by atoms with van der Waals surface area (Å²) in [7, 11) is 0. The third-order valence-corrected chi connectivity index (χ3v) is 2.19. The highest BCUT2D eigenvalue weighted by molar-refractivity contribution is 4.66. The molecule has 0 bridgehead atoms. The highest BCUT2D eigenvalue weighted by atomic mass is 15.5. The number of piperidine rings is 1. The zero-order chi connectivity index (χ0) is 9.03. The molecule has 1 N–H and O–H groups in total. The molecule has 0 amide bonds. The van der Waals surface area contributed by atoms with Gasteiger partial charge in [0.25, 0.3) is 0 Å². The topological polar surface area (TPSA) is 15.3 Å². The molecule has 2 heteroatoms. The van der Waals surface area contributed by atoms with E-state index >= 15 is 0 Å². The van der Waals surface area contributed by atoms with Gasteiger partial charge in [-0.05, 0) is 18.3 Å². The van der Waals surface area contributed by atoms with E-state index in [9.17, 15) is 0 Å². The molecule has 1 saturated heterocycles. The molecule has 12 heavy (non-hydrogen) atoms. The van der Waals surface area contributed by atoms with E-state index < -0.39 is 0 Å². The van der Waals surface area contributed by atoms with Gasteiger partial charge in [-0.3, -0.25) is 5.43 Å².